The highest BCUT2D eigenvalue weighted by atomic mass is 16.1. The molecule has 0 aromatic carbocycles. The van der Waals surface area contributed by atoms with E-state index in [-0.39, 0.29) is 0 Å². The van der Waals surface area contributed by atoms with Gasteiger partial charge in [0.25, 0.3) is 0 Å². The summed E-state index contributed by atoms with van der Waals surface area (Å²) >= 11 is 0. The van der Waals surface area contributed by atoms with Gasteiger partial charge in [0.05, 0.1) is 25.0 Å². The minimum atomic E-state index is 0.460. The number of ketones is 1. The molecule has 3 fully saturated rings. The van der Waals surface area contributed by atoms with Crippen molar-refractivity contribution in [2.75, 3.05) is 13.1 Å². The van der Waals surface area contributed by atoms with Gasteiger partial charge in [-0.2, -0.15) is 0 Å². The predicted molar refractivity (Wildman–Crippen MR) is 54.2 cm³/mol. The largest absolute Gasteiger partial charge is 0.332 e. The molecule has 2 heteroatoms. The second-order valence-corrected chi connectivity index (χ2v) is 5.33. The molecule has 78 valence electrons. The van der Waals surface area contributed by atoms with Crippen LogP contribution in [0.1, 0.15) is 38.5 Å². The second kappa shape index (κ2) is 3.34. The Morgan fingerprint density at radius 1 is 1.00 bits per heavy atom. The van der Waals surface area contributed by atoms with E-state index in [9.17, 15) is 4.79 Å². The fourth-order valence-corrected chi connectivity index (χ4v) is 3.92. The lowest BCUT2D eigenvalue weighted by molar-refractivity contribution is -0.917. The molecule has 0 aromatic heterocycles. The van der Waals surface area contributed by atoms with Gasteiger partial charge >= 0.3 is 0 Å². The predicted octanol–water partition coefficient (Wildman–Crippen LogP) is 0.423. The van der Waals surface area contributed by atoms with Gasteiger partial charge in [-0.25, -0.2) is 0 Å². The Hall–Kier alpha value is -0.370. The maximum Gasteiger partial charge on any atom is 0.144 e. The standard InChI is InChI=1S/C12H19NO/c14-12-9-3-5-10(12)11(6-4-9)13-7-1-2-8-13/h9-11H,1-8H2/p+1/t9-,10-,11-/m0/s1. The number of quaternary nitrogens is 1. The van der Waals surface area contributed by atoms with Crippen molar-refractivity contribution in [3.8, 4) is 0 Å². The van der Waals surface area contributed by atoms with Crippen molar-refractivity contribution in [3.05, 3.63) is 0 Å². The average Bonchev–Trinajstić information content (AvgIpc) is 2.76. The third-order valence-corrected chi connectivity index (χ3v) is 4.68. The van der Waals surface area contributed by atoms with E-state index in [1.165, 1.54) is 51.6 Å². The molecule has 0 aromatic rings. The zero-order chi connectivity index (χ0) is 9.54. The first-order chi connectivity index (χ1) is 6.86. The normalized spacial score (nSPS) is 43.4. The van der Waals surface area contributed by atoms with Crippen molar-refractivity contribution < 1.29 is 9.69 Å². The lowest BCUT2D eigenvalue weighted by Crippen LogP contribution is -3.15. The number of hydrogen-bond donors (Lipinski definition) is 1. The van der Waals surface area contributed by atoms with Gasteiger partial charge in [-0.15, -0.1) is 0 Å². The molecule has 3 aliphatic rings. The molecule has 2 bridgehead atoms. The molecular weight excluding hydrogens is 174 g/mol. The van der Waals surface area contributed by atoms with E-state index in [2.05, 4.69) is 0 Å². The Bertz CT molecular complexity index is 245. The molecule has 3 atom stereocenters. The Morgan fingerprint density at radius 2 is 1.71 bits per heavy atom. The van der Waals surface area contributed by atoms with Crippen LogP contribution >= 0.6 is 0 Å². The zero-order valence-corrected chi connectivity index (χ0v) is 8.80. The molecule has 1 saturated heterocycles. The van der Waals surface area contributed by atoms with Crippen LogP contribution < -0.4 is 4.90 Å². The van der Waals surface area contributed by atoms with E-state index in [1.807, 2.05) is 0 Å². The van der Waals surface area contributed by atoms with Crippen molar-refractivity contribution in [1.29, 1.82) is 0 Å². The number of carbonyl (C=O) groups excluding carboxylic acids is 1. The minimum Gasteiger partial charge on any atom is -0.332 e. The van der Waals surface area contributed by atoms with Crippen molar-refractivity contribution >= 4 is 5.78 Å². The van der Waals surface area contributed by atoms with Crippen molar-refractivity contribution in [1.82, 2.24) is 0 Å². The molecular formula is C12H20NO+. The maximum absolute atomic E-state index is 11.9. The molecule has 1 heterocycles. The van der Waals surface area contributed by atoms with E-state index in [0.29, 0.717) is 23.7 Å². The molecule has 3 rings (SSSR count). The molecule has 14 heavy (non-hydrogen) atoms. The first-order valence-electron chi connectivity index (χ1n) is 6.24. The Kier molecular flexibility index (Phi) is 2.12. The topological polar surface area (TPSA) is 21.5 Å². The van der Waals surface area contributed by atoms with Crippen LogP contribution in [0.3, 0.4) is 0 Å². The van der Waals surface area contributed by atoms with Crippen LogP contribution in [0, 0.1) is 11.8 Å². The number of hydrogen-bond acceptors (Lipinski definition) is 1. The van der Waals surface area contributed by atoms with E-state index in [4.69, 9.17) is 0 Å². The van der Waals surface area contributed by atoms with E-state index in [1.54, 1.807) is 4.90 Å². The molecule has 0 unspecified atom stereocenters. The summed E-state index contributed by atoms with van der Waals surface area (Å²) in [6.07, 6.45) is 7.71. The van der Waals surface area contributed by atoms with Crippen LogP contribution in [-0.2, 0) is 4.79 Å². The summed E-state index contributed by atoms with van der Waals surface area (Å²) in [5, 5.41) is 0. The number of rotatable bonds is 1. The third-order valence-electron chi connectivity index (χ3n) is 4.68. The molecule has 0 amide bonds. The van der Waals surface area contributed by atoms with Gasteiger partial charge in [0.15, 0.2) is 0 Å². The van der Waals surface area contributed by atoms with Gasteiger partial charge in [0.2, 0.25) is 0 Å². The van der Waals surface area contributed by atoms with Crippen LogP contribution in [0.25, 0.3) is 0 Å². The van der Waals surface area contributed by atoms with Crippen LogP contribution in [0.2, 0.25) is 0 Å². The minimum absolute atomic E-state index is 0.460. The SMILES string of the molecule is O=C1[C@H]2CC[C@H]1[C@@H]([NH+]1CCCC1)CC2. The number of fused-ring (bicyclic) bond motifs is 2. The fourth-order valence-electron chi connectivity index (χ4n) is 3.92. The van der Waals surface area contributed by atoms with Gasteiger partial charge in [-0.05, 0) is 19.3 Å². The van der Waals surface area contributed by atoms with Crippen LogP contribution in [-0.4, -0.2) is 24.9 Å². The van der Waals surface area contributed by atoms with Gasteiger partial charge in [-0.1, -0.05) is 0 Å². The van der Waals surface area contributed by atoms with Crippen molar-refractivity contribution in [3.63, 3.8) is 0 Å². The summed E-state index contributed by atoms with van der Waals surface area (Å²) in [6, 6.07) is 0.712. The summed E-state index contributed by atoms with van der Waals surface area (Å²) in [4.78, 5) is 13.7. The first kappa shape index (κ1) is 8.90. The molecule has 1 N–H and O–H groups in total. The molecule has 0 spiro atoms. The summed E-state index contributed by atoms with van der Waals surface area (Å²) < 4.78 is 0. The number of nitrogens with one attached hydrogen (secondary N) is 1. The van der Waals surface area contributed by atoms with E-state index < -0.39 is 0 Å². The summed E-state index contributed by atoms with van der Waals surface area (Å²) in [5.74, 6) is 1.56. The summed E-state index contributed by atoms with van der Waals surface area (Å²) in [6.45, 7) is 2.66. The van der Waals surface area contributed by atoms with Gasteiger partial charge < -0.3 is 4.90 Å². The quantitative estimate of drug-likeness (QED) is 0.642. The van der Waals surface area contributed by atoms with Crippen LogP contribution in [0.4, 0.5) is 0 Å². The molecule has 2 nitrogen and oxygen atoms in total. The summed E-state index contributed by atoms with van der Waals surface area (Å²) in [7, 11) is 0. The first-order valence-corrected chi connectivity index (χ1v) is 6.24. The van der Waals surface area contributed by atoms with Crippen molar-refractivity contribution in [2.24, 2.45) is 11.8 Å². The highest BCUT2D eigenvalue weighted by Gasteiger charge is 2.47. The number of likely N-dealkylation sites (tertiary alicyclic amines) is 1. The molecule has 2 saturated carbocycles. The van der Waals surface area contributed by atoms with Gasteiger partial charge in [0, 0.05) is 25.2 Å². The molecule has 2 aliphatic carbocycles. The highest BCUT2D eigenvalue weighted by Crippen LogP contribution is 2.38. The van der Waals surface area contributed by atoms with Crippen LogP contribution in [0.5, 0.6) is 0 Å². The number of Topliss-reactive ketones (excluding diaryl/α,β-unsaturated/α-hetero) is 1. The average molecular weight is 194 g/mol. The van der Waals surface area contributed by atoms with Gasteiger partial charge in [-0.3, -0.25) is 4.79 Å². The third kappa shape index (κ3) is 1.23. The Morgan fingerprint density at radius 3 is 2.50 bits per heavy atom. The second-order valence-electron chi connectivity index (χ2n) is 5.33. The highest BCUT2D eigenvalue weighted by molar-refractivity contribution is 5.86. The zero-order valence-electron chi connectivity index (χ0n) is 8.80. The Balaban J connectivity index is 1.76. The number of carbonyl (C=O) groups is 1. The molecule has 1 aliphatic heterocycles. The van der Waals surface area contributed by atoms with E-state index in [0.717, 1.165) is 0 Å². The monoisotopic (exact) mass is 194 g/mol. The summed E-state index contributed by atoms with van der Waals surface area (Å²) in [5.41, 5.74) is 0. The fraction of sp³-hybridized carbons (Fsp3) is 0.917. The van der Waals surface area contributed by atoms with E-state index >= 15 is 0 Å². The van der Waals surface area contributed by atoms with Crippen LogP contribution in [0.15, 0.2) is 0 Å². The molecule has 0 radical (unpaired) electrons. The Labute approximate surface area is 85.7 Å². The maximum atomic E-state index is 11.9. The lowest BCUT2D eigenvalue weighted by Gasteiger charge is -2.32. The van der Waals surface area contributed by atoms with Crippen molar-refractivity contribution in [2.45, 2.75) is 44.6 Å². The lowest BCUT2D eigenvalue weighted by atomic mass is 9.83. The van der Waals surface area contributed by atoms with Gasteiger partial charge in [0.1, 0.15) is 5.78 Å². The smallest absolute Gasteiger partial charge is 0.144 e.